The van der Waals surface area contributed by atoms with Gasteiger partial charge in [0.25, 0.3) is 5.91 Å². The van der Waals surface area contributed by atoms with Crippen LogP contribution in [0, 0.1) is 6.92 Å². The maximum atomic E-state index is 12.3. The molecule has 0 aliphatic carbocycles. The summed E-state index contributed by atoms with van der Waals surface area (Å²) in [6.45, 7) is 1.95. The first kappa shape index (κ1) is 15.0. The molecule has 2 heterocycles. The Morgan fingerprint density at radius 2 is 2.00 bits per heavy atom. The Kier molecular flexibility index (Phi) is 3.50. The van der Waals surface area contributed by atoms with Crippen molar-refractivity contribution >= 4 is 22.6 Å². The van der Waals surface area contributed by atoms with E-state index < -0.39 is 0 Å². The van der Waals surface area contributed by atoms with E-state index in [2.05, 4.69) is 10.3 Å². The minimum atomic E-state index is -0.367. The third kappa shape index (κ3) is 2.63. The zero-order chi connectivity index (χ0) is 17.4. The topological polar surface area (TPSA) is 80.3 Å². The number of aryl methyl sites for hydroxylation is 1. The monoisotopic (exact) mass is 333 g/mol. The van der Waals surface area contributed by atoms with Crippen LogP contribution < -0.4 is 5.32 Å². The van der Waals surface area contributed by atoms with Gasteiger partial charge in [0, 0.05) is 5.56 Å². The van der Waals surface area contributed by atoms with Crippen LogP contribution in [0.5, 0.6) is 0 Å². The van der Waals surface area contributed by atoms with Gasteiger partial charge in [-0.25, -0.2) is 4.98 Å². The maximum absolute atomic E-state index is 12.3. The van der Waals surface area contributed by atoms with Crippen molar-refractivity contribution in [2.75, 3.05) is 5.32 Å². The Bertz CT molecular complexity index is 1060. The number of carbonyl (C=O) groups is 1. The summed E-state index contributed by atoms with van der Waals surface area (Å²) in [6, 6.07) is 16.0. The zero-order valence-electron chi connectivity index (χ0n) is 13.4. The molecule has 2 N–H and O–H groups in total. The van der Waals surface area contributed by atoms with E-state index in [-0.39, 0.29) is 11.7 Å². The molecule has 0 bridgehead atoms. The van der Waals surface area contributed by atoms with Gasteiger partial charge in [-0.05, 0) is 48.9 Å². The number of fused-ring (bicyclic) bond motifs is 1. The summed E-state index contributed by atoms with van der Waals surface area (Å²) in [5.41, 5.74) is 3.45. The number of aromatic nitrogens is 2. The molecular formula is C19H15N3O3. The molecule has 0 spiro atoms. The first-order valence-electron chi connectivity index (χ1n) is 7.76. The number of furan rings is 1. The lowest BCUT2D eigenvalue weighted by Gasteiger charge is -2.09. The first-order chi connectivity index (χ1) is 12.1. The molecule has 0 aliphatic heterocycles. The predicted molar refractivity (Wildman–Crippen MR) is 93.8 cm³/mol. The average molecular weight is 333 g/mol. The molecule has 0 fully saturated rings. The first-order valence-corrected chi connectivity index (χ1v) is 7.76. The number of anilines is 1. The largest absolute Gasteiger partial charge is 0.459 e. The number of nitrogens with one attached hydrogen (secondary N) is 1. The van der Waals surface area contributed by atoms with Crippen molar-refractivity contribution in [3.05, 3.63) is 72.2 Å². The van der Waals surface area contributed by atoms with Crippen LogP contribution in [-0.4, -0.2) is 20.8 Å². The average Bonchev–Trinajstić information content (AvgIpc) is 3.25. The summed E-state index contributed by atoms with van der Waals surface area (Å²) in [7, 11) is 0. The van der Waals surface area contributed by atoms with Crippen molar-refractivity contribution < 1.29 is 14.4 Å². The highest BCUT2D eigenvalue weighted by molar-refractivity contribution is 6.04. The molecule has 124 valence electrons. The minimum absolute atomic E-state index is 0.211. The van der Waals surface area contributed by atoms with Crippen LogP contribution >= 0.6 is 0 Å². The van der Waals surface area contributed by atoms with Crippen LogP contribution in [0.2, 0.25) is 0 Å². The van der Waals surface area contributed by atoms with Crippen LogP contribution in [0.4, 0.5) is 5.69 Å². The molecule has 25 heavy (non-hydrogen) atoms. The lowest BCUT2D eigenvalue weighted by atomic mass is 10.1. The van der Waals surface area contributed by atoms with Crippen LogP contribution in [0.15, 0.2) is 65.3 Å². The molecular weight excluding hydrogens is 318 g/mol. The minimum Gasteiger partial charge on any atom is -0.459 e. The molecule has 0 atom stereocenters. The van der Waals surface area contributed by atoms with Gasteiger partial charge in [0.15, 0.2) is 11.6 Å². The van der Waals surface area contributed by atoms with Gasteiger partial charge >= 0.3 is 0 Å². The number of nitrogens with zero attached hydrogens (tertiary/aromatic N) is 2. The molecule has 4 rings (SSSR count). The number of rotatable bonds is 3. The fourth-order valence-electron chi connectivity index (χ4n) is 2.73. The number of carbonyl (C=O) groups excluding carboxylic acids is 1. The standard InChI is InChI=1S/C19H15N3O3/c1-12-8-9-15-16(11-12)22(24)18(20-15)13-5-2-3-6-14(13)21-19(23)17-7-4-10-25-17/h2-11,24H,1H3,(H,21,23). The Hall–Kier alpha value is -3.54. The fourth-order valence-corrected chi connectivity index (χ4v) is 2.73. The van der Waals surface area contributed by atoms with Gasteiger partial charge in [0.1, 0.15) is 5.52 Å². The van der Waals surface area contributed by atoms with E-state index in [0.29, 0.717) is 28.1 Å². The molecule has 6 heteroatoms. The van der Waals surface area contributed by atoms with Gasteiger partial charge in [-0.1, -0.05) is 18.2 Å². The summed E-state index contributed by atoms with van der Waals surface area (Å²) >= 11 is 0. The van der Waals surface area contributed by atoms with Gasteiger partial charge in [-0.3, -0.25) is 4.79 Å². The Morgan fingerprint density at radius 3 is 2.80 bits per heavy atom. The number of amides is 1. The third-order valence-corrected chi connectivity index (χ3v) is 3.95. The molecule has 0 saturated heterocycles. The lowest BCUT2D eigenvalue weighted by molar-refractivity contribution is 0.0996. The molecule has 2 aromatic heterocycles. The quantitative estimate of drug-likeness (QED) is 0.553. The fraction of sp³-hybridized carbons (Fsp3) is 0.0526. The van der Waals surface area contributed by atoms with Gasteiger partial charge in [0.05, 0.1) is 17.5 Å². The summed E-state index contributed by atoms with van der Waals surface area (Å²) < 4.78 is 6.16. The number of hydrogen-bond acceptors (Lipinski definition) is 4. The molecule has 1 amide bonds. The number of benzene rings is 2. The molecule has 6 nitrogen and oxygen atoms in total. The summed E-state index contributed by atoms with van der Waals surface area (Å²) in [6.07, 6.45) is 1.44. The van der Waals surface area contributed by atoms with E-state index >= 15 is 0 Å². The molecule has 0 radical (unpaired) electrons. The second-order valence-electron chi connectivity index (χ2n) is 5.72. The highest BCUT2D eigenvalue weighted by atomic mass is 16.5. The molecule has 0 aliphatic rings. The second-order valence-corrected chi connectivity index (χ2v) is 5.72. The Balaban J connectivity index is 1.79. The van der Waals surface area contributed by atoms with Crippen LogP contribution in [0.25, 0.3) is 22.4 Å². The number of imidazole rings is 1. The van der Waals surface area contributed by atoms with Gasteiger partial charge in [0.2, 0.25) is 0 Å². The maximum Gasteiger partial charge on any atom is 0.291 e. The van der Waals surface area contributed by atoms with Crippen molar-refractivity contribution in [3.63, 3.8) is 0 Å². The highest BCUT2D eigenvalue weighted by Gasteiger charge is 2.17. The van der Waals surface area contributed by atoms with E-state index in [4.69, 9.17) is 4.42 Å². The van der Waals surface area contributed by atoms with E-state index in [1.165, 1.54) is 6.26 Å². The van der Waals surface area contributed by atoms with E-state index in [0.717, 1.165) is 10.3 Å². The zero-order valence-corrected chi connectivity index (χ0v) is 13.4. The Morgan fingerprint density at radius 1 is 1.16 bits per heavy atom. The van der Waals surface area contributed by atoms with Gasteiger partial charge in [-0.15, -0.1) is 0 Å². The lowest BCUT2D eigenvalue weighted by Crippen LogP contribution is -2.12. The summed E-state index contributed by atoms with van der Waals surface area (Å²) in [5.74, 6) is 0.202. The summed E-state index contributed by atoms with van der Waals surface area (Å²) in [4.78, 5) is 16.8. The highest BCUT2D eigenvalue weighted by Crippen LogP contribution is 2.30. The van der Waals surface area contributed by atoms with Crippen molar-refractivity contribution in [2.24, 2.45) is 0 Å². The van der Waals surface area contributed by atoms with Crippen LogP contribution in [-0.2, 0) is 0 Å². The van der Waals surface area contributed by atoms with Crippen molar-refractivity contribution in [2.45, 2.75) is 6.92 Å². The smallest absolute Gasteiger partial charge is 0.291 e. The van der Waals surface area contributed by atoms with Crippen molar-refractivity contribution in [1.29, 1.82) is 0 Å². The van der Waals surface area contributed by atoms with Crippen LogP contribution in [0.3, 0.4) is 0 Å². The Labute approximate surface area is 143 Å². The molecule has 4 aromatic rings. The van der Waals surface area contributed by atoms with E-state index in [9.17, 15) is 10.0 Å². The van der Waals surface area contributed by atoms with E-state index in [1.54, 1.807) is 30.3 Å². The van der Waals surface area contributed by atoms with Gasteiger partial charge < -0.3 is 14.9 Å². The van der Waals surface area contributed by atoms with Crippen molar-refractivity contribution in [3.8, 4) is 11.4 Å². The number of para-hydroxylation sites is 1. The summed E-state index contributed by atoms with van der Waals surface area (Å²) in [5, 5.41) is 13.3. The SMILES string of the molecule is Cc1ccc2nc(-c3ccccc3NC(=O)c3ccco3)n(O)c2c1. The third-order valence-electron chi connectivity index (χ3n) is 3.95. The van der Waals surface area contributed by atoms with E-state index in [1.807, 2.05) is 31.2 Å². The van der Waals surface area contributed by atoms with Crippen LogP contribution in [0.1, 0.15) is 16.1 Å². The molecule has 0 unspecified atom stereocenters. The molecule has 2 aromatic carbocycles. The normalized spacial score (nSPS) is 10.9. The van der Waals surface area contributed by atoms with Crippen molar-refractivity contribution in [1.82, 2.24) is 9.71 Å². The van der Waals surface area contributed by atoms with Gasteiger partial charge in [-0.2, -0.15) is 4.73 Å². The molecule has 0 saturated carbocycles. The predicted octanol–water partition coefficient (Wildman–Crippen LogP) is 4.09. The number of hydrogen-bond donors (Lipinski definition) is 2. The second kappa shape index (κ2) is 5.83.